The van der Waals surface area contributed by atoms with Crippen LogP contribution in [0.4, 0.5) is 18.3 Å². The van der Waals surface area contributed by atoms with Crippen LogP contribution in [-0.4, -0.2) is 42.0 Å². The van der Waals surface area contributed by atoms with Crippen LogP contribution in [0.15, 0.2) is 47.2 Å². The second-order valence-electron chi connectivity index (χ2n) is 8.49. The number of nitrogens with one attached hydrogen (secondary N) is 3. The number of aromatic nitrogens is 2. The maximum atomic E-state index is 12.5. The minimum Gasteiger partial charge on any atom is -0.406 e. The fraction of sp³-hybridized carbons (Fsp3) is 0.500. The molecule has 0 fully saturated rings. The van der Waals surface area contributed by atoms with Crippen LogP contribution in [0, 0.1) is 5.92 Å². The Morgan fingerprint density at radius 2 is 1.84 bits per heavy atom. The first-order valence-electron chi connectivity index (χ1n) is 11.9. The van der Waals surface area contributed by atoms with Crippen molar-refractivity contribution >= 4 is 28.3 Å². The molecule has 0 aliphatic heterocycles. The molecule has 212 valence electrons. The molecular formula is C24H36F3N7O3S. The first kappa shape index (κ1) is 32.6. The summed E-state index contributed by atoms with van der Waals surface area (Å²) in [5.41, 5.74) is 12.9. The highest BCUT2D eigenvalue weighted by Crippen LogP contribution is 2.24. The van der Waals surface area contributed by atoms with E-state index >= 15 is 0 Å². The van der Waals surface area contributed by atoms with Gasteiger partial charge in [-0.25, -0.2) is 0 Å². The third-order valence-corrected chi connectivity index (χ3v) is 5.77. The second kappa shape index (κ2) is 16.5. The smallest absolute Gasteiger partial charge is 0.406 e. The molecule has 10 nitrogen and oxygen atoms in total. The Hall–Kier alpha value is -3.39. The summed E-state index contributed by atoms with van der Waals surface area (Å²) in [4.78, 5) is 23.9. The van der Waals surface area contributed by atoms with E-state index in [1.165, 1.54) is 36.5 Å². The van der Waals surface area contributed by atoms with Gasteiger partial charge in [0.05, 0.1) is 6.54 Å². The Kier molecular flexibility index (Phi) is 14.1. The summed E-state index contributed by atoms with van der Waals surface area (Å²) in [6, 6.07) is 0. The van der Waals surface area contributed by atoms with Gasteiger partial charge in [-0.05, 0) is 63.5 Å². The van der Waals surface area contributed by atoms with Gasteiger partial charge in [0, 0.05) is 18.5 Å². The number of halogens is 3. The molecule has 14 heteroatoms. The monoisotopic (exact) mass is 559 g/mol. The first-order chi connectivity index (χ1) is 17.8. The van der Waals surface area contributed by atoms with Crippen molar-refractivity contribution in [2.45, 2.75) is 59.2 Å². The average Bonchev–Trinajstić information content (AvgIpc) is 3.25. The molecule has 0 unspecified atom stereocenters. The molecule has 0 aliphatic carbocycles. The SMILES string of the molecule is C/C=C(\C=C(\CC(=O)N/C(N)=C/C=C(\N)CCCCc1nnc(NC(=O)CNC)s1)C(C)C)OC(F)(F)F. The molecule has 1 aromatic rings. The predicted octanol–water partition coefficient (Wildman–Crippen LogP) is 3.58. The normalized spacial score (nSPS) is 13.6. The standard InChI is InChI=1S/C24H36F3N7O3S/c1-5-18(37-24(25,26)27)12-16(15(2)3)13-20(35)31-19(29)11-10-17(28)8-6-7-9-22-33-34-23(38-22)32-21(36)14-30-4/h5,10-12,15,30H,6-9,13-14,28-29H2,1-4H3,(H,31,35)(H,32,34,36)/b16-12-,17-10-,18-5+,19-11+. The summed E-state index contributed by atoms with van der Waals surface area (Å²) in [7, 11) is 1.68. The number of carbonyl (C=O) groups is 2. The highest BCUT2D eigenvalue weighted by Gasteiger charge is 2.31. The molecule has 1 rings (SSSR count). The number of amides is 2. The van der Waals surface area contributed by atoms with Crippen LogP contribution in [0.2, 0.25) is 0 Å². The van der Waals surface area contributed by atoms with Crippen LogP contribution in [-0.2, 0) is 20.7 Å². The molecule has 38 heavy (non-hydrogen) atoms. The van der Waals surface area contributed by atoms with Crippen molar-refractivity contribution in [3.05, 3.63) is 52.2 Å². The number of hydrogen-bond donors (Lipinski definition) is 5. The fourth-order valence-electron chi connectivity index (χ4n) is 2.96. The largest absolute Gasteiger partial charge is 0.573 e. The number of carbonyl (C=O) groups excluding carboxylic acids is 2. The lowest BCUT2D eigenvalue weighted by Crippen LogP contribution is -2.28. The van der Waals surface area contributed by atoms with E-state index in [4.69, 9.17) is 11.5 Å². The zero-order chi connectivity index (χ0) is 28.7. The van der Waals surface area contributed by atoms with Crippen LogP contribution in [0.3, 0.4) is 0 Å². The van der Waals surface area contributed by atoms with E-state index in [1.807, 2.05) is 0 Å². The minimum absolute atomic E-state index is 0.0561. The summed E-state index contributed by atoms with van der Waals surface area (Å²) >= 11 is 1.32. The number of aryl methyl sites for hydroxylation is 1. The van der Waals surface area contributed by atoms with Crippen molar-refractivity contribution in [1.82, 2.24) is 20.8 Å². The van der Waals surface area contributed by atoms with Gasteiger partial charge in [0.1, 0.15) is 16.6 Å². The minimum atomic E-state index is -4.82. The molecular weight excluding hydrogens is 523 g/mol. The lowest BCUT2D eigenvalue weighted by atomic mass is 9.98. The highest BCUT2D eigenvalue weighted by atomic mass is 32.1. The van der Waals surface area contributed by atoms with Crippen LogP contribution in [0.25, 0.3) is 0 Å². The Morgan fingerprint density at radius 1 is 1.13 bits per heavy atom. The molecule has 0 radical (unpaired) electrons. The molecule has 0 spiro atoms. The van der Waals surface area contributed by atoms with Crippen molar-refractivity contribution < 1.29 is 27.5 Å². The lowest BCUT2D eigenvalue weighted by molar-refractivity contribution is -0.303. The molecule has 0 aliphatic rings. The molecule has 7 N–H and O–H groups in total. The van der Waals surface area contributed by atoms with E-state index in [0.29, 0.717) is 29.2 Å². The van der Waals surface area contributed by atoms with Gasteiger partial charge in [-0.2, -0.15) is 0 Å². The number of allylic oxidation sites excluding steroid dienone is 5. The van der Waals surface area contributed by atoms with Gasteiger partial charge < -0.3 is 26.8 Å². The molecule has 2 amide bonds. The zero-order valence-electron chi connectivity index (χ0n) is 21.9. The maximum absolute atomic E-state index is 12.5. The molecule has 0 saturated heterocycles. The van der Waals surface area contributed by atoms with Crippen LogP contribution in [0.5, 0.6) is 0 Å². The van der Waals surface area contributed by atoms with E-state index < -0.39 is 18.0 Å². The van der Waals surface area contributed by atoms with E-state index in [9.17, 15) is 22.8 Å². The molecule has 0 atom stereocenters. The predicted molar refractivity (Wildman–Crippen MR) is 141 cm³/mol. The Bertz CT molecular complexity index is 1050. The molecule has 1 aromatic heterocycles. The third kappa shape index (κ3) is 14.4. The molecule has 0 saturated carbocycles. The summed E-state index contributed by atoms with van der Waals surface area (Å²) in [6.07, 6.45) is 3.31. The number of alkyl halides is 3. The number of anilines is 1. The fourth-order valence-corrected chi connectivity index (χ4v) is 3.75. The Balaban J connectivity index is 2.52. The number of unbranched alkanes of at least 4 members (excludes halogenated alkanes) is 1. The van der Waals surface area contributed by atoms with Crippen LogP contribution in [0.1, 0.15) is 51.5 Å². The summed E-state index contributed by atoms with van der Waals surface area (Å²) < 4.78 is 41.6. The number of nitrogens with two attached hydrogens (primary N) is 2. The molecule has 0 aromatic carbocycles. The molecule has 1 heterocycles. The lowest BCUT2D eigenvalue weighted by Gasteiger charge is -2.15. The van der Waals surface area contributed by atoms with Crippen molar-refractivity contribution in [2.75, 3.05) is 18.9 Å². The van der Waals surface area contributed by atoms with Gasteiger partial charge in [0.25, 0.3) is 0 Å². The van der Waals surface area contributed by atoms with E-state index in [-0.39, 0.29) is 30.6 Å². The zero-order valence-corrected chi connectivity index (χ0v) is 22.8. The number of nitrogens with zero attached hydrogens (tertiary/aromatic N) is 2. The first-order valence-corrected chi connectivity index (χ1v) is 12.8. The average molecular weight is 560 g/mol. The van der Waals surface area contributed by atoms with Gasteiger partial charge in [0.15, 0.2) is 0 Å². The maximum Gasteiger partial charge on any atom is 0.573 e. The summed E-state index contributed by atoms with van der Waals surface area (Å²) in [6.45, 7) is 5.12. The number of likely N-dealkylation sites (N-methyl/N-ethyl adjacent to an activating group) is 1. The third-order valence-electron chi connectivity index (χ3n) is 4.87. The quantitative estimate of drug-likeness (QED) is 0.124. The van der Waals surface area contributed by atoms with Crippen LogP contribution < -0.4 is 27.4 Å². The van der Waals surface area contributed by atoms with Gasteiger partial charge in [-0.15, -0.1) is 23.4 Å². The summed E-state index contributed by atoms with van der Waals surface area (Å²) in [5.74, 6) is -1.20. The van der Waals surface area contributed by atoms with E-state index in [1.54, 1.807) is 27.0 Å². The Labute approximate surface area is 224 Å². The Morgan fingerprint density at radius 3 is 2.45 bits per heavy atom. The van der Waals surface area contributed by atoms with Gasteiger partial charge in [-0.1, -0.05) is 30.8 Å². The number of hydrogen-bond acceptors (Lipinski definition) is 9. The topological polar surface area (TPSA) is 157 Å². The second-order valence-corrected chi connectivity index (χ2v) is 9.55. The van der Waals surface area contributed by atoms with Gasteiger partial charge in [0.2, 0.25) is 16.9 Å². The van der Waals surface area contributed by atoms with E-state index in [0.717, 1.165) is 17.8 Å². The highest BCUT2D eigenvalue weighted by molar-refractivity contribution is 7.15. The van der Waals surface area contributed by atoms with Crippen molar-refractivity contribution in [3.8, 4) is 0 Å². The van der Waals surface area contributed by atoms with Crippen molar-refractivity contribution in [3.63, 3.8) is 0 Å². The molecule has 0 bridgehead atoms. The number of rotatable bonds is 15. The van der Waals surface area contributed by atoms with Crippen LogP contribution >= 0.6 is 11.3 Å². The van der Waals surface area contributed by atoms with E-state index in [2.05, 4.69) is 30.9 Å². The summed E-state index contributed by atoms with van der Waals surface area (Å²) in [5, 5.41) is 17.2. The van der Waals surface area contributed by atoms with Crippen molar-refractivity contribution in [1.29, 1.82) is 0 Å². The van der Waals surface area contributed by atoms with Gasteiger partial charge >= 0.3 is 6.36 Å². The van der Waals surface area contributed by atoms with Gasteiger partial charge in [-0.3, -0.25) is 14.9 Å². The number of ether oxygens (including phenoxy) is 1. The van der Waals surface area contributed by atoms with Crippen molar-refractivity contribution in [2.24, 2.45) is 17.4 Å².